The van der Waals surface area contributed by atoms with Gasteiger partial charge in [0.15, 0.2) is 0 Å². The lowest BCUT2D eigenvalue weighted by molar-refractivity contribution is -0.122. The van der Waals surface area contributed by atoms with Gasteiger partial charge in [-0.15, -0.1) is 0 Å². The van der Waals surface area contributed by atoms with Gasteiger partial charge in [0.2, 0.25) is 5.91 Å². The molecule has 0 aromatic carbocycles. The number of alkyl carbamates (subject to hydrolysis) is 1. The summed E-state index contributed by atoms with van der Waals surface area (Å²) in [7, 11) is 1.21. The number of aliphatic hydroxyl groups is 1. The second-order valence-electron chi connectivity index (χ2n) is 3.55. The third kappa shape index (κ3) is 4.26. The molecule has 0 aromatic rings. The summed E-state index contributed by atoms with van der Waals surface area (Å²) in [5.74, 6) is -0.377. The molecule has 6 nitrogen and oxygen atoms in total. The molecular weight excluding hydrogens is 200 g/mol. The van der Waals surface area contributed by atoms with Crippen molar-refractivity contribution in [3.05, 3.63) is 0 Å². The van der Waals surface area contributed by atoms with Crippen molar-refractivity contribution in [3.63, 3.8) is 0 Å². The minimum atomic E-state index is -0.739. The Balaban J connectivity index is 2.23. The fourth-order valence-electron chi connectivity index (χ4n) is 1.48. The normalized spacial score (nSPS) is 18.5. The molecule has 2 N–H and O–H groups in total. The van der Waals surface area contributed by atoms with E-state index in [-0.39, 0.29) is 18.6 Å². The van der Waals surface area contributed by atoms with E-state index in [2.05, 4.69) is 10.1 Å². The van der Waals surface area contributed by atoms with E-state index in [4.69, 9.17) is 0 Å². The summed E-state index contributed by atoms with van der Waals surface area (Å²) in [5.41, 5.74) is 0. The number of carbonyl (C=O) groups is 2. The quantitative estimate of drug-likeness (QED) is 0.639. The van der Waals surface area contributed by atoms with Crippen molar-refractivity contribution in [2.75, 3.05) is 26.7 Å². The Labute approximate surface area is 88.2 Å². The van der Waals surface area contributed by atoms with Crippen LogP contribution in [0.2, 0.25) is 0 Å². The molecular formula is C9H16N2O4. The number of ether oxygens (including phenoxy) is 1. The van der Waals surface area contributed by atoms with E-state index < -0.39 is 6.09 Å². The fourth-order valence-corrected chi connectivity index (χ4v) is 1.48. The van der Waals surface area contributed by atoms with E-state index in [1.54, 1.807) is 0 Å². The summed E-state index contributed by atoms with van der Waals surface area (Å²) in [6.07, 6.45) is 0.346. The highest BCUT2D eigenvalue weighted by Gasteiger charge is 2.19. The molecule has 0 atom stereocenters. The summed E-state index contributed by atoms with van der Waals surface area (Å²) in [6, 6.07) is 0. The first-order valence-electron chi connectivity index (χ1n) is 4.90. The number of nitrogens with one attached hydrogen (secondary N) is 1. The van der Waals surface area contributed by atoms with Crippen LogP contribution >= 0.6 is 0 Å². The number of likely N-dealkylation sites (tertiary alicyclic amines) is 1. The number of rotatable bonds is 2. The topological polar surface area (TPSA) is 78.9 Å². The van der Waals surface area contributed by atoms with E-state index in [9.17, 15) is 14.7 Å². The second kappa shape index (κ2) is 5.67. The minimum Gasteiger partial charge on any atom is -0.453 e. The van der Waals surface area contributed by atoms with E-state index in [1.165, 1.54) is 7.11 Å². The van der Waals surface area contributed by atoms with Crippen molar-refractivity contribution in [1.29, 1.82) is 0 Å². The molecule has 0 spiro atoms. The molecule has 1 aliphatic heterocycles. The molecule has 0 bridgehead atoms. The van der Waals surface area contributed by atoms with Crippen LogP contribution in [0.1, 0.15) is 12.8 Å². The highest BCUT2D eigenvalue weighted by atomic mass is 16.5. The van der Waals surface area contributed by atoms with Crippen LogP contribution in [-0.4, -0.2) is 54.9 Å². The largest absolute Gasteiger partial charge is 0.453 e. The van der Waals surface area contributed by atoms with Crippen LogP contribution in [-0.2, 0) is 9.53 Å². The van der Waals surface area contributed by atoms with E-state index in [0.717, 1.165) is 0 Å². The molecule has 1 aliphatic rings. The molecule has 1 rings (SSSR count). The zero-order chi connectivity index (χ0) is 11.3. The van der Waals surface area contributed by atoms with Crippen LogP contribution in [0.25, 0.3) is 0 Å². The predicted octanol–water partition coefficient (Wildman–Crippen LogP) is -0.674. The van der Waals surface area contributed by atoms with Gasteiger partial charge in [0.1, 0.15) is 0 Å². The van der Waals surface area contributed by atoms with Crippen molar-refractivity contribution < 1.29 is 19.4 Å². The molecule has 0 aliphatic carbocycles. The lowest BCUT2D eigenvalue weighted by Crippen LogP contribution is -2.44. The second-order valence-corrected chi connectivity index (χ2v) is 3.55. The maximum Gasteiger partial charge on any atom is 0.413 e. The van der Waals surface area contributed by atoms with Crippen molar-refractivity contribution in [3.8, 4) is 0 Å². The van der Waals surface area contributed by atoms with Crippen LogP contribution in [0.15, 0.2) is 0 Å². The molecule has 0 saturated carbocycles. The number of amides is 2. The van der Waals surface area contributed by atoms with Crippen LogP contribution in [0.4, 0.5) is 4.79 Å². The molecule has 0 unspecified atom stereocenters. The van der Waals surface area contributed by atoms with Crippen LogP contribution in [0.3, 0.4) is 0 Å². The van der Waals surface area contributed by atoms with Crippen molar-refractivity contribution in [2.24, 2.45) is 0 Å². The Kier molecular flexibility index (Phi) is 4.51. The fraction of sp³-hybridized carbons (Fsp3) is 0.778. The van der Waals surface area contributed by atoms with Gasteiger partial charge in [-0.05, 0) is 12.8 Å². The number of methoxy groups -OCH3 is 1. The summed E-state index contributed by atoms with van der Waals surface area (Å²) in [4.78, 5) is 23.8. The third-order valence-corrected chi connectivity index (χ3v) is 2.35. The van der Waals surface area contributed by atoms with E-state index in [0.29, 0.717) is 25.9 Å². The number of piperidine rings is 1. The zero-order valence-corrected chi connectivity index (χ0v) is 8.73. The Hall–Kier alpha value is -1.14. The molecule has 15 heavy (non-hydrogen) atoms. The Bertz CT molecular complexity index is 236. The number of aliphatic hydroxyl groups excluding tert-OH is 1. The van der Waals surface area contributed by atoms with Gasteiger partial charge in [-0.2, -0.15) is 0 Å². The van der Waals surface area contributed by atoms with Gasteiger partial charge < -0.3 is 9.84 Å². The first-order valence-corrected chi connectivity index (χ1v) is 4.90. The Morgan fingerprint density at radius 3 is 2.60 bits per heavy atom. The average molecular weight is 216 g/mol. The summed E-state index contributed by atoms with van der Waals surface area (Å²) >= 11 is 0. The molecule has 1 fully saturated rings. The van der Waals surface area contributed by atoms with Gasteiger partial charge in [-0.25, -0.2) is 4.79 Å². The molecule has 1 saturated heterocycles. The lowest BCUT2D eigenvalue weighted by Gasteiger charge is -2.28. The standard InChI is InChI=1S/C9H16N2O4/c1-15-9(14)10-8(13)6-11-4-2-7(12)3-5-11/h7,12H,2-6H2,1H3,(H,10,13,14). The SMILES string of the molecule is COC(=O)NC(=O)CN1CCC(O)CC1. The van der Waals surface area contributed by atoms with Gasteiger partial charge in [0, 0.05) is 13.1 Å². The number of hydrogen-bond donors (Lipinski definition) is 2. The Morgan fingerprint density at radius 2 is 2.07 bits per heavy atom. The van der Waals surface area contributed by atoms with Gasteiger partial charge in [-0.3, -0.25) is 15.0 Å². The predicted molar refractivity (Wildman–Crippen MR) is 52.2 cm³/mol. The summed E-state index contributed by atoms with van der Waals surface area (Å²) < 4.78 is 4.30. The summed E-state index contributed by atoms with van der Waals surface area (Å²) in [6.45, 7) is 1.52. The molecule has 0 aromatic heterocycles. The average Bonchev–Trinajstić information content (AvgIpc) is 2.21. The summed E-state index contributed by atoms with van der Waals surface area (Å²) in [5, 5.41) is 11.3. The van der Waals surface area contributed by atoms with Gasteiger partial charge in [0.25, 0.3) is 0 Å². The molecule has 0 radical (unpaired) electrons. The molecule has 2 amide bonds. The first kappa shape index (κ1) is 11.9. The number of hydrogen-bond acceptors (Lipinski definition) is 5. The monoisotopic (exact) mass is 216 g/mol. The van der Waals surface area contributed by atoms with Crippen LogP contribution < -0.4 is 5.32 Å². The highest BCUT2D eigenvalue weighted by Crippen LogP contribution is 2.08. The number of carbonyl (C=O) groups excluding carboxylic acids is 2. The van der Waals surface area contributed by atoms with E-state index in [1.807, 2.05) is 4.90 Å². The van der Waals surface area contributed by atoms with Crippen LogP contribution in [0, 0.1) is 0 Å². The van der Waals surface area contributed by atoms with E-state index >= 15 is 0 Å². The minimum absolute atomic E-state index is 0.168. The van der Waals surface area contributed by atoms with Crippen LogP contribution in [0.5, 0.6) is 0 Å². The van der Waals surface area contributed by atoms with Crippen molar-refractivity contribution in [1.82, 2.24) is 10.2 Å². The molecule has 6 heteroatoms. The smallest absolute Gasteiger partial charge is 0.413 e. The Morgan fingerprint density at radius 1 is 1.47 bits per heavy atom. The van der Waals surface area contributed by atoms with Crippen molar-refractivity contribution >= 4 is 12.0 Å². The maximum absolute atomic E-state index is 11.2. The first-order chi connectivity index (χ1) is 7.11. The molecule has 1 heterocycles. The van der Waals surface area contributed by atoms with Gasteiger partial charge in [0.05, 0.1) is 19.8 Å². The van der Waals surface area contributed by atoms with Gasteiger partial charge >= 0.3 is 6.09 Å². The lowest BCUT2D eigenvalue weighted by atomic mass is 10.1. The highest BCUT2D eigenvalue weighted by molar-refractivity contribution is 5.92. The van der Waals surface area contributed by atoms with Crippen molar-refractivity contribution in [2.45, 2.75) is 18.9 Å². The third-order valence-electron chi connectivity index (χ3n) is 2.35. The molecule has 86 valence electrons. The maximum atomic E-state index is 11.2. The number of nitrogens with zero attached hydrogens (tertiary/aromatic N) is 1. The number of imide groups is 1. The zero-order valence-electron chi connectivity index (χ0n) is 8.73. The van der Waals surface area contributed by atoms with Gasteiger partial charge in [-0.1, -0.05) is 0 Å².